The Balaban J connectivity index is 1.53. The summed E-state index contributed by atoms with van der Waals surface area (Å²) in [6, 6.07) is 26.1. The summed E-state index contributed by atoms with van der Waals surface area (Å²) in [5.41, 5.74) is 4.37. The average molecular weight is 374 g/mol. The van der Waals surface area contributed by atoms with Crippen LogP contribution in [-0.4, -0.2) is 31.5 Å². The Morgan fingerprint density at radius 3 is 2.21 bits per heavy atom. The van der Waals surface area contributed by atoms with Crippen LogP contribution in [0.2, 0.25) is 0 Å². The molecule has 0 spiro atoms. The number of carbonyl (C=O) groups excluding carboxylic acids is 1. The predicted molar refractivity (Wildman–Crippen MR) is 113 cm³/mol. The Kier molecular flexibility index (Phi) is 6.82. The summed E-state index contributed by atoms with van der Waals surface area (Å²) in [6.45, 7) is 1.38. The molecular weight excluding hydrogens is 348 g/mol. The first-order valence-electron chi connectivity index (χ1n) is 9.38. The van der Waals surface area contributed by atoms with E-state index in [9.17, 15) is 4.79 Å². The molecule has 1 N–H and O–H groups in total. The van der Waals surface area contributed by atoms with Crippen LogP contribution in [0.5, 0.6) is 5.75 Å². The first-order valence-corrected chi connectivity index (χ1v) is 9.38. The molecule has 3 rings (SSSR count). The van der Waals surface area contributed by atoms with Gasteiger partial charge in [-0.05, 0) is 36.9 Å². The summed E-state index contributed by atoms with van der Waals surface area (Å²) in [6.07, 6.45) is 0. The normalized spacial score (nSPS) is 10.7. The first kappa shape index (κ1) is 19.6. The fraction of sp³-hybridized carbons (Fsp3) is 0.208. The third-order valence-electron chi connectivity index (χ3n) is 4.34. The topological polar surface area (TPSA) is 41.6 Å². The lowest BCUT2D eigenvalue weighted by Crippen LogP contribution is -2.28. The Bertz CT molecular complexity index is 890. The first-order chi connectivity index (χ1) is 13.6. The van der Waals surface area contributed by atoms with Gasteiger partial charge in [0.25, 0.3) is 5.91 Å². The highest BCUT2D eigenvalue weighted by molar-refractivity contribution is 5.78. The Morgan fingerprint density at radius 2 is 1.50 bits per heavy atom. The molecule has 0 aliphatic carbocycles. The molecule has 0 aliphatic heterocycles. The van der Waals surface area contributed by atoms with Gasteiger partial charge in [0, 0.05) is 18.7 Å². The quantitative estimate of drug-likeness (QED) is 0.645. The molecule has 0 aliphatic rings. The summed E-state index contributed by atoms with van der Waals surface area (Å²) < 4.78 is 5.79. The molecule has 28 heavy (non-hydrogen) atoms. The fourth-order valence-corrected chi connectivity index (χ4v) is 2.97. The molecule has 0 aromatic heterocycles. The van der Waals surface area contributed by atoms with Gasteiger partial charge in [-0.15, -0.1) is 0 Å². The van der Waals surface area contributed by atoms with Gasteiger partial charge in [-0.2, -0.15) is 0 Å². The molecule has 0 atom stereocenters. The summed E-state index contributed by atoms with van der Waals surface area (Å²) in [5.74, 6) is 0.567. The minimum atomic E-state index is -0.139. The maximum Gasteiger partial charge on any atom is 0.258 e. The molecule has 3 aromatic rings. The average Bonchev–Trinajstić information content (AvgIpc) is 2.72. The van der Waals surface area contributed by atoms with E-state index in [0.29, 0.717) is 12.3 Å². The molecule has 0 saturated heterocycles. The van der Waals surface area contributed by atoms with Gasteiger partial charge in [-0.1, -0.05) is 72.8 Å². The monoisotopic (exact) mass is 374 g/mol. The van der Waals surface area contributed by atoms with Gasteiger partial charge in [0.2, 0.25) is 0 Å². The largest absolute Gasteiger partial charge is 0.483 e. The third kappa shape index (κ3) is 5.69. The van der Waals surface area contributed by atoms with Crippen LogP contribution in [0.4, 0.5) is 0 Å². The number of rotatable bonds is 8. The van der Waals surface area contributed by atoms with Crippen LogP contribution in [0.1, 0.15) is 11.1 Å². The van der Waals surface area contributed by atoms with E-state index in [2.05, 4.69) is 22.3 Å². The number of amides is 1. The number of nitrogens with zero attached hydrogens (tertiary/aromatic N) is 1. The second-order valence-electron chi connectivity index (χ2n) is 6.98. The van der Waals surface area contributed by atoms with Crippen LogP contribution in [0.25, 0.3) is 11.1 Å². The van der Waals surface area contributed by atoms with Crippen molar-refractivity contribution in [2.45, 2.75) is 13.1 Å². The van der Waals surface area contributed by atoms with E-state index in [1.54, 1.807) is 0 Å². The minimum Gasteiger partial charge on any atom is -0.483 e. The van der Waals surface area contributed by atoms with E-state index < -0.39 is 0 Å². The van der Waals surface area contributed by atoms with Gasteiger partial charge in [0.05, 0.1) is 0 Å². The summed E-state index contributed by atoms with van der Waals surface area (Å²) in [7, 11) is 4.09. The molecule has 0 heterocycles. The van der Waals surface area contributed by atoms with Crippen LogP contribution < -0.4 is 10.1 Å². The molecule has 4 heteroatoms. The van der Waals surface area contributed by atoms with E-state index in [0.717, 1.165) is 23.2 Å². The van der Waals surface area contributed by atoms with Crippen molar-refractivity contribution in [3.8, 4) is 16.9 Å². The van der Waals surface area contributed by atoms with Crippen molar-refractivity contribution < 1.29 is 9.53 Å². The van der Waals surface area contributed by atoms with Crippen LogP contribution in [0.15, 0.2) is 78.9 Å². The number of nitrogens with one attached hydrogen (secondary N) is 1. The molecule has 4 nitrogen and oxygen atoms in total. The SMILES string of the molecule is CN(C)Cc1ccc(CNC(=O)COc2ccccc2-c2ccccc2)cc1. The van der Waals surface area contributed by atoms with Crippen LogP contribution in [0.3, 0.4) is 0 Å². The van der Waals surface area contributed by atoms with E-state index in [1.165, 1.54) is 5.56 Å². The molecule has 0 saturated carbocycles. The molecule has 0 radical (unpaired) electrons. The fourth-order valence-electron chi connectivity index (χ4n) is 2.97. The van der Waals surface area contributed by atoms with Gasteiger partial charge < -0.3 is 15.0 Å². The highest BCUT2D eigenvalue weighted by atomic mass is 16.5. The van der Waals surface area contributed by atoms with Crippen molar-refractivity contribution in [3.63, 3.8) is 0 Å². The highest BCUT2D eigenvalue weighted by Crippen LogP contribution is 2.29. The molecule has 3 aromatic carbocycles. The number of hydrogen-bond donors (Lipinski definition) is 1. The van der Waals surface area contributed by atoms with Gasteiger partial charge in [0.15, 0.2) is 6.61 Å². The Morgan fingerprint density at radius 1 is 0.857 bits per heavy atom. The van der Waals surface area contributed by atoms with E-state index in [-0.39, 0.29) is 12.5 Å². The zero-order valence-electron chi connectivity index (χ0n) is 16.4. The Labute approximate surface area is 166 Å². The van der Waals surface area contributed by atoms with Crippen LogP contribution in [0, 0.1) is 0 Å². The van der Waals surface area contributed by atoms with Gasteiger partial charge in [-0.3, -0.25) is 4.79 Å². The second kappa shape index (κ2) is 9.72. The van der Waals surface area contributed by atoms with Crippen LogP contribution in [-0.2, 0) is 17.9 Å². The van der Waals surface area contributed by atoms with Crippen molar-refractivity contribution in [2.75, 3.05) is 20.7 Å². The summed E-state index contributed by atoms with van der Waals surface area (Å²) >= 11 is 0. The maximum absolute atomic E-state index is 12.2. The summed E-state index contributed by atoms with van der Waals surface area (Å²) in [5, 5.41) is 2.91. The smallest absolute Gasteiger partial charge is 0.258 e. The third-order valence-corrected chi connectivity index (χ3v) is 4.34. The summed E-state index contributed by atoms with van der Waals surface area (Å²) in [4.78, 5) is 14.3. The van der Waals surface area contributed by atoms with Gasteiger partial charge >= 0.3 is 0 Å². The predicted octanol–water partition coefficient (Wildman–Crippen LogP) is 4.11. The molecule has 0 bridgehead atoms. The number of carbonyl (C=O) groups is 1. The molecular formula is C24H26N2O2. The zero-order valence-corrected chi connectivity index (χ0v) is 16.4. The molecule has 1 amide bonds. The lowest BCUT2D eigenvalue weighted by molar-refractivity contribution is -0.123. The van der Waals surface area contributed by atoms with Gasteiger partial charge in [0.1, 0.15) is 5.75 Å². The lowest BCUT2D eigenvalue weighted by Gasteiger charge is -2.12. The number of benzene rings is 3. The minimum absolute atomic E-state index is 0.0113. The van der Waals surface area contributed by atoms with Crippen molar-refractivity contribution >= 4 is 5.91 Å². The standard InChI is InChI=1S/C24H26N2O2/c1-26(2)17-20-14-12-19(13-15-20)16-25-24(27)18-28-23-11-7-6-10-22(23)21-8-4-3-5-9-21/h3-15H,16-18H2,1-2H3,(H,25,27). The Hall–Kier alpha value is -3.11. The van der Waals surface area contributed by atoms with Crippen molar-refractivity contribution in [1.29, 1.82) is 0 Å². The lowest BCUT2D eigenvalue weighted by atomic mass is 10.1. The van der Waals surface area contributed by atoms with E-state index in [1.807, 2.05) is 80.8 Å². The van der Waals surface area contributed by atoms with Crippen molar-refractivity contribution in [3.05, 3.63) is 90.0 Å². The van der Waals surface area contributed by atoms with Gasteiger partial charge in [-0.25, -0.2) is 0 Å². The maximum atomic E-state index is 12.2. The number of ether oxygens (including phenoxy) is 1. The molecule has 0 unspecified atom stereocenters. The number of hydrogen-bond acceptors (Lipinski definition) is 3. The van der Waals surface area contributed by atoms with Crippen molar-refractivity contribution in [1.82, 2.24) is 10.2 Å². The highest BCUT2D eigenvalue weighted by Gasteiger charge is 2.08. The molecule has 0 fully saturated rings. The van der Waals surface area contributed by atoms with E-state index >= 15 is 0 Å². The van der Waals surface area contributed by atoms with Crippen LogP contribution >= 0.6 is 0 Å². The second-order valence-corrected chi connectivity index (χ2v) is 6.98. The van der Waals surface area contributed by atoms with E-state index in [4.69, 9.17) is 4.74 Å². The number of para-hydroxylation sites is 1. The van der Waals surface area contributed by atoms with Crippen molar-refractivity contribution in [2.24, 2.45) is 0 Å². The zero-order chi connectivity index (χ0) is 19.8. The molecule has 144 valence electrons.